The van der Waals surface area contributed by atoms with Crippen LogP contribution in [0.3, 0.4) is 0 Å². The normalized spacial score (nSPS) is 26.4. The summed E-state index contributed by atoms with van der Waals surface area (Å²) in [5, 5.41) is 0. The van der Waals surface area contributed by atoms with Gasteiger partial charge in [0.1, 0.15) is 30.4 Å². The molecule has 100 heavy (non-hydrogen) atoms. The van der Waals surface area contributed by atoms with Crippen molar-refractivity contribution >= 4 is 0 Å². The molecule has 10 nitrogen and oxygen atoms in total. The van der Waals surface area contributed by atoms with Gasteiger partial charge < -0.3 is 48.2 Å². The molecule has 10 rings (SSSR count). The lowest BCUT2D eigenvalue weighted by molar-refractivity contribution is 0.0682. The van der Waals surface area contributed by atoms with Gasteiger partial charge in [-0.05, 0) is 188 Å². The van der Waals surface area contributed by atoms with Gasteiger partial charge in [0.25, 0.3) is 0 Å². The Bertz CT molecular complexity index is 7110. The minimum Gasteiger partial charge on any atom is -0.367 e. The number of aryl methyl sites for hydroxylation is 5. The second-order valence-corrected chi connectivity index (χ2v) is 19.8. The van der Waals surface area contributed by atoms with Crippen LogP contribution in [0.5, 0.6) is 0 Å². The minimum absolute atomic E-state index is 0.165. The first kappa shape index (κ1) is 26.9. The second-order valence-electron chi connectivity index (χ2n) is 19.8. The molecule has 0 amide bonds. The number of benzene rings is 10. The van der Waals surface area contributed by atoms with Crippen molar-refractivity contribution in [3.05, 3.63) is 356 Å². The van der Waals surface area contributed by atoms with Crippen molar-refractivity contribution in [1.29, 1.82) is 0 Å². The fraction of sp³-hybridized carbons (Fsp3) is 0.333. The average Bonchev–Trinajstić information content (AvgIpc) is 0.758. The molecule has 10 heteroatoms. The maximum absolute atomic E-state index is 9.10. The van der Waals surface area contributed by atoms with Gasteiger partial charge in [-0.15, -0.1) is 0 Å². The van der Waals surface area contributed by atoms with Crippen LogP contribution in [0.1, 0.15) is 211 Å². The Labute approximate surface area is 702 Å². The smallest absolute Gasteiger partial charge is 0.108 e. The van der Waals surface area contributed by atoms with Crippen LogP contribution in [0, 0.1) is 34.3 Å². The topological polar surface area (TPSA) is 62.4 Å². The molecular formula is C90H115N5O5. The summed E-state index contributed by atoms with van der Waals surface area (Å²) < 4.78 is 591. The van der Waals surface area contributed by atoms with Gasteiger partial charge in [0, 0.05) is 83.3 Å². The minimum atomic E-state index is -3.50. The zero-order valence-electron chi connectivity index (χ0n) is 125. The molecule has 0 bridgehead atoms. The van der Waals surface area contributed by atoms with E-state index in [9.17, 15) is 0 Å². The Balaban J connectivity index is 0.000000324. The van der Waals surface area contributed by atoms with E-state index in [0.717, 1.165) is 24.3 Å². The van der Waals surface area contributed by atoms with Crippen LogP contribution in [0.4, 0.5) is 0 Å². The second kappa shape index (κ2) is 45.5. The molecular weight excluding hydrogens is 1230 g/mol. The average molecular weight is 1420 g/mol. The highest BCUT2D eigenvalue weighted by molar-refractivity contribution is 5.40. The van der Waals surface area contributed by atoms with Crippen molar-refractivity contribution < 1.29 is 121 Å². The third-order valence-corrected chi connectivity index (χ3v) is 12.0. The molecule has 0 saturated heterocycles. The van der Waals surface area contributed by atoms with E-state index >= 15 is 0 Å². The molecule has 0 aliphatic rings. The number of likely N-dealkylation sites (N-methyl/N-ethyl adjacent to an activating group) is 5. The molecule has 530 valence electrons. The van der Waals surface area contributed by atoms with Gasteiger partial charge in [-0.1, -0.05) is 272 Å². The molecule has 5 unspecified atom stereocenters. The van der Waals surface area contributed by atoms with E-state index in [4.69, 9.17) is 121 Å². The zero-order valence-corrected chi connectivity index (χ0v) is 54.1. The summed E-state index contributed by atoms with van der Waals surface area (Å²) in [6.07, 6.45) is -14.3. The number of ether oxygens (including phenoxy) is 5. The fourth-order valence-corrected chi connectivity index (χ4v) is 7.60. The molecule has 0 N–H and O–H groups in total. The Morgan fingerprint density at radius 2 is 0.530 bits per heavy atom. The lowest BCUT2D eigenvalue weighted by Crippen LogP contribution is -2.20. The maximum atomic E-state index is 9.10. The monoisotopic (exact) mass is 1420 g/mol. The predicted octanol–water partition coefficient (Wildman–Crippen LogP) is 18.3. The molecule has 0 spiro atoms. The van der Waals surface area contributed by atoms with Crippen molar-refractivity contribution in [2.24, 2.45) is 0 Å². The summed E-state index contributed by atoms with van der Waals surface area (Å²) >= 11 is 0. The number of hydrogen-bond acceptors (Lipinski definition) is 10. The zero-order chi connectivity index (χ0) is 133. The van der Waals surface area contributed by atoms with E-state index in [-0.39, 0.29) is 44.2 Å². The van der Waals surface area contributed by atoms with Crippen LogP contribution in [0.25, 0.3) is 0 Å². The molecule has 0 radical (unpaired) electrons. The Hall–Kier alpha value is -8.20. The standard InChI is InChI=1S/5C18H23NO/c5*1-15-9-7-8-12-17(15)18(20-14-13-19(2)3)16-10-5-4-6-11-16/h5*4-12,18H,13-14H2,1-3H3/i1D3,2D3,3D3,4D,5D,6D,10D,11D,14D2,18D;1D3,2D3,3D3,4D,5D,6D,10D,11D,13D2,18D;1D3,2D3,3D3,4D,5D,6D,10D,11D,18D;1D3,4D,5D,6D,10D,11D,14D2,18D;1D3,4D,5D,6D,10D,11D,13D2,18D. The van der Waals surface area contributed by atoms with Crippen LogP contribution in [-0.2, 0) is 23.7 Å². The van der Waals surface area contributed by atoms with E-state index in [1.54, 1.807) is 14.1 Å². The molecule has 0 saturated carbocycles. The highest BCUT2D eigenvalue weighted by Gasteiger charge is 2.21. The number of hydrogen-bond donors (Lipinski definition) is 0. The maximum Gasteiger partial charge on any atom is 0.108 e. The number of rotatable bonds is 30. The molecule has 0 heterocycles. The SMILES string of the molecule is [2H]c1c([2H])c([2H])c(C([2H])(OC([2H])([2H])CN(C([2H])([2H])[2H])C([2H])([2H])[2H])c2ccccc2C([2H])([2H])[2H])c([2H])c1[2H].[2H]c1c([2H])c([2H])c(C([2H])(OC([2H])([2H])CN(C)C)c2ccccc2C([2H])([2H])[2H])c([2H])c1[2H].[2H]c1c([2H])c([2H])c(C([2H])(OCC([2H])([2H])N(C([2H])([2H])[2H])C([2H])([2H])[2H])c2ccccc2C([2H])([2H])[2H])c([2H])c1[2H].[2H]c1c([2H])c([2H])c(C([2H])(OCC([2H])([2H])N(C)C)c2ccccc2C([2H])([2H])[2H])c([2H])c1[2H].[2H]c1c([2H])c([2H])c(C([2H])(OCCN(C([2H])([2H])[2H])C([2H])([2H])[2H])c2ccccc2C([2H])([2H])[2H])c([2H])c1[2H]. The van der Waals surface area contributed by atoms with E-state index in [1.807, 2.05) is 0 Å². The van der Waals surface area contributed by atoms with Gasteiger partial charge >= 0.3 is 0 Å². The first-order chi connectivity index (χ1) is 76.7. The summed E-state index contributed by atoms with van der Waals surface area (Å²) in [6.45, 7) is -50.7. The van der Waals surface area contributed by atoms with Gasteiger partial charge in [0.15, 0.2) is 0 Å². The Morgan fingerprint density at radius 1 is 0.290 bits per heavy atom. The van der Waals surface area contributed by atoms with E-state index in [1.165, 1.54) is 121 Å². The van der Waals surface area contributed by atoms with Gasteiger partial charge in [0.05, 0.1) is 79.5 Å². The molecule has 0 aliphatic carbocycles. The largest absolute Gasteiger partial charge is 0.367 e. The Morgan fingerprint density at radius 3 is 0.790 bits per heavy atom. The third-order valence-electron chi connectivity index (χ3n) is 12.0. The lowest BCUT2D eigenvalue weighted by atomic mass is 9.97. The Kier molecular flexibility index (Phi) is 12.2. The molecule has 0 aliphatic heterocycles. The summed E-state index contributed by atoms with van der Waals surface area (Å²) in [5.74, 6) is 0. The molecule has 10 aromatic rings. The third kappa shape index (κ3) is 28.8. The number of nitrogens with zero attached hydrogens (tertiary/aromatic N) is 5. The van der Waals surface area contributed by atoms with Crippen LogP contribution in [-0.4, -0.2) is 160 Å². The molecule has 0 fully saturated rings. The molecule has 5 atom stereocenters. The van der Waals surface area contributed by atoms with E-state index in [0.29, 0.717) is 0 Å². The quantitative estimate of drug-likeness (QED) is 0.0435. The van der Waals surface area contributed by atoms with Gasteiger partial charge in [-0.3, -0.25) is 0 Å². The van der Waals surface area contributed by atoms with Crippen molar-refractivity contribution in [2.45, 2.75) is 64.7 Å². The lowest BCUT2D eigenvalue weighted by Gasteiger charge is -2.22. The van der Waals surface area contributed by atoms with Crippen molar-refractivity contribution in [1.82, 2.24) is 24.5 Å². The molecule has 0 aromatic heterocycles. The summed E-state index contributed by atoms with van der Waals surface area (Å²) in [5.41, 5.74) is -8.06. The van der Waals surface area contributed by atoms with Crippen molar-refractivity contribution in [2.75, 3.05) is 136 Å². The van der Waals surface area contributed by atoms with Crippen LogP contribution in [0.2, 0.25) is 0 Å². The van der Waals surface area contributed by atoms with Gasteiger partial charge in [0.2, 0.25) is 0 Å². The fourth-order valence-electron chi connectivity index (χ4n) is 7.60. The van der Waals surface area contributed by atoms with Crippen molar-refractivity contribution in [3.63, 3.8) is 0 Å². The summed E-state index contributed by atoms with van der Waals surface area (Å²) in [4.78, 5) is 2.17. The summed E-state index contributed by atoms with van der Waals surface area (Å²) in [7, 11) is 6.01. The highest BCUT2D eigenvalue weighted by Crippen LogP contribution is 2.33. The summed E-state index contributed by atoms with van der Waals surface area (Å²) in [6, 6.07) is 4.62. The first-order valence-corrected chi connectivity index (χ1v) is 29.1. The van der Waals surface area contributed by atoms with Crippen molar-refractivity contribution in [3.8, 4) is 0 Å². The van der Waals surface area contributed by atoms with Gasteiger partial charge in [-0.25, -0.2) is 0 Å². The van der Waals surface area contributed by atoms with E-state index < -0.39 is 377 Å². The van der Waals surface area contributed by atoms with E-state index in [2.05, 4.69) is 0 Å². The van der Waals surface area contributed by atoms with Crippen LogP contribution in [0.15, 0.2) is 272 Å². The first-order valence-electron chi connectivity index (χ1n) is 64.6. The van der Waals surface area contributed by atoms with Crippen LogP contribution < -0.4 is 0 Å². The van der Waals surface area contributed by atoms with Gasteiger partial charge in [-0.2, -0.15) is 0 Å². The predicted molar refractivity (Wildman–Crippen MR) is 420 cm³/mol. The van der Waals surface area contributed by atoms with Crippen LogP contribution >= 0.6 is 0 Å². The highest BCUT2D eigenvalue weighted by atomic mass is 16.5. The molecule has 10 aromatic carbocycles.